The van der Waals surface area contributed by atoms with Gasteiger partial charge in [-0.2, -0.15) is 0 Å². The molecular weight excluding hydrogens is 275 g/mol. The summed E-state index contributed by atoms with van der Waals surface area (Å²) in [6.07, 6.45) is 2.30. The predicted octanol–water partition coefficient (Wildman–Crippen LogP) is 3.86. The van der Waals surface area contributed by atoms with Gasteiger partial charge in [0.15, 0.2) is 0 Å². The molecule has 4 heteroatoms. The maximum atomic E-state index is 13.8. The van der Waals surface area contributed by atoms with E-state index in [0.717, 1.165) is 44.6 Å². The lowest BCUT2D eigenvalue weighted by molar-refractivity contribution is 0.126. The van der Waals surface area contributed by atoms with E-state index in [-0.39, 0.29) is 16.9 Å². The number of halogens is 2. The first kappa shape index (κ1) is 15.7. The van der Waals surface area contributed by atoms with Crippen molar-refractivity contribution in [3.63, 3.8) is 0 Å². The molecule has 0 radical (unpaired) electrons. The fraction of sp³-hybridized carbons (Fsp3) is 0.625. The molecule has 2 rings (SSSR count). The average Bonchev–Trinajstić information content (AvgIpc) is 2.44. The zero-order valence-corrected chi connectivity index (χ0v) is 13.1. The van der Waals surface area contributed by atoms with Crippen LogP contribution in [-0.2, 0) is 0 Å². The SMILES string of the molecule is CCCC(C)[C@H](c1ccc(Cl)c(F)c1)N1CCNCC1. The van der Waals surface area contributed by atoms with Crippen molar-refractivity contribution >= 4 is 11.6 Å². The van der Waals surface area contributed by atoms with Gasteiger partial charge in [-0.25, -0.2) is 4.39 Å². The van der Waals surface area contributed by atoms with Gasteiger partial charge in [0, 0.05) is 32.2 Å². The van der Waals surface area contributed by atoms with Crippen molar-refractivity contribution in [2.45, 2.75) is 32.7 Å². The molecule has 1 aromatic rings. The van der Waals surface area contributed by atoms with E-state index in [1.165, 1.54) is 0 Å². The Kier molecular flexibility index (Phi) is 5.82. The van der Waals surface area contributed by atoms with Crippen molar-refractivity contribution in [3.05, 3.63) is 34.6 Å². The summed E-state index contributed by atoms with van der Waals surface area (Å²) in [4.78, 5) is 2.47. The predicted molar refractivity (Wildman–Crippen MR) is 82.7 cm³/mol. The van der Waals surface area contributed by atoms with Gasteiger partial charge in [-0.05, 0) is 30.0 Å². The molecule has 1 saturated heterocycles. The van der Waals surface area contributed by atoms with Crippen molar-refractivity contribution in [1.29, 1.82) is 0 Å². The Morgan fingerprint density at radius 2 is 2.05 bits per heavy atom. The van der Waals surface area contributed by atoms with Crippen LogP contribution in [-0.4, -0.2) is 31.1 Å². The van der Waals surface area contributed by atoms with E-state index < -0.39 is 0 Å². The van der Waals surface area contributed by atoms with Crippen LogP contribution >= 0.6 is 11.6 Å². The fourth-order valence-electron chi connectivity index (χ4n) is 3.17. The van der Waals surface area contributed by atoms with Crippen LogP contribution in [0, 0.1) is 11.7 Å². The van der Waals surface area contributed by atoms with E-state index in [1.807, 2.05) is 6.07 Å². The zero-order valence-electron chi connectivity index (χ0n) is 12.3. The fourth-order valence-corrected chi connectivity index (χ4v) is 3.29. The Morgan fingerprint density at radius 1 is 1.35 bits per heavy atom. The summed E-state index contributed by atoms with van der Waals surface area (Å²) >= 11 is 5.81. The molecule has 2 nitrogen and oxygen atoms in total. The summed E-state index contributed by atoms with van der Waals surface area (Å²) in [5.74, 6) is 0.201. The Hall–Kier alpha value is -0.640. The number of nitrogens with one attached hydrogen (secondary N) is 1. The zero-order chi connectivity index (χ0) is 14.5. The highest BCUT2D eigenvalue weighted by Gasteiger charge is 2.27. The maximum absolute atomic E-state index is 13.8. The van der Waals surface area contributed by atoms with Gasteiger partial charge in [0.05, 0.1) is 5.02 Å². The van der Waals surface area contributed by atoms with Crippen molar-refractivity contribution in [3.8, 4) is 0 Å². The summed E-state index contributed by atoms with van der Waals surface area (Å²) in [6.45, 7) is 8.51. The van der Waals surface area contributed by atoms with Gasteiger partial charge in [0.1, 0.15) is 5.82 Å². The normalized spacial score (nSPS) is 19.8. The first-order valence-corrected chi connectivity index (χ1v) is 7.91. The second kappa shape index (κ2) is 7.39. The molecule has 0 aromatic heterocycles. The van der Waals surface area contributed by atoms with E-state index in [2.05, 4.69) is 24.1 Å². The third-order valence-corrected chi connectivity index (χ3v) is 4.42. The number of piperazine rings is 1. The summed E-state index contributed by atoms with van der Waals surface area (Å²) in [5.41, 5.74) is 1.05. The maximum Gasteiger partial charge on any atom is 0.142 e. The first-order valence-electron chi connectivity index (χ1n) is 7.53. The van der Waals surface area contributed by atoms with Crippen LogP contribution in [0.4, 0.5) is 4.39 Å². The van der Waals surface area contributed by atoms with Crippen LogP contribution in [0.3, 0.4) is 0 Å². The van der Waals surface area contributed by atoms with Gasteiger partial charge in [-0.15, -0.1) is 0 Å². The molecule has 1 aliphatic heterocycles. The molecule has 20 heavy (non-hydrogen) atoms. The van der Waals surface area contributed by atoms with Crippen LogP contribution in [0.2, 0.25) is 5.02 Å². The number of hydrogen-bond donors (Lipinski definition) is 1. The molecule has 2 atom stereocenters. The Balaban J connectivity index is 2.26. The van der Waals surface area contributed by atoms with Gasteiger partial charge >= 0.3 is 0 Å². The van der Waals surface area contributed by atoms with Crippen LogP contribution in [0.1, 0.15) is 38.3 Å². The van der Waals surface area contributed by atoms with Crippen molar-refractivity contribution in [2.24, 2.45) is 5.92 Å². The van der Waals surface area contributed by atoms with Gasteiger partial charge in [-0.1, -0.05) is 37.9 Å². The van der Waals surface area contributed by atoms with Crippen LogP contribution in [0.25, 0.3) is 0 Å². The van der Waals surface area contributed by atoms with Crippen LogP contribution < -0.4 is 5.32 Å². The summed E-state index contributed by atoms with van der Waals surface area (Å²) in [7, 11) is 0. The van der Waals surface area contributed by atoms with Gasteiger partial charge in [0.2, 0.25) is 0 Å². The number of nitrogens with zero attached hydrogens (tertiary/aromatic N) is 1. The van der Waals surface area contributed by atoms with Crippen LogP contribution in [0.15, 0.2) is 18.2 Å². The molecule has 0 aliphatic carbocycles. The minimum atomic E-state index is -0.312. The molecule has 1 aliphatic rings. The molecule has 1 heterocycles. The van der Waals surface area contributed by atoms with E-state index in [9.17, 15) is 4.39 Å². The third-order valence-electron chi connectivity index (χ3n) is 4.11. The lowest BCUT2D eigenvalue weighted by atomic mass is 9.89. The molecule has 0 bridgehead atoms. The lowest BCUT2D eigenvalue weighted by Crippen LogP contribution is -2.46. The van der Waals surface area contributed by atoms with E-state index >= 15 is 0 Å². The van der Waals surface area contributed by atoms with Gasteiger partial charge < -0.3 is 5.32 Å². The highest BCUT2D eigenvalue weighted by molar-refractivity contribution is 6.30. The molecule has 1 aromatic carbocycles. The van der Waals surface area contributed by atoms with Crippen molar-refractivity contribution in [2.75, 3.05) is 26.2 Å². The summed E-state index contributed by atoms with van der Waals surface area (Å²) < 4.78 is 13.8. The largest absolute Gasteiger partial charge is 0.314 e. The van der Waals surface area contributed by atoms with Crippen LogP contribution in [0.5, 0.6) is 0 Å². The Labute approximate surface area is 126 Å². The summed E-state index contributed by atoms with van der Waals surface area (Å²) in [6, 6.07) is 5.55. The third kappa shape index (κ3) is 3.72. The molecule has 0 spiro atoms. The van der Waals surface area contributed by atoms with Crippen molar-refractivity contribution in [1.82, 2.24) is 10.2 Å². The standard InChI is InChI=1S/C16H24ClFN2/c1-3-4-12(2)16(20-9-7-19-8-10-20)13-5-6-14(17)15(18)11-13/h5-6,11-12,16,19H,3-4,7-10H2,1-2H3/t12?,16-/m1/s1. The van der Waals surface area contributed by atoms with E-state index in [0.29, 0.717) is 5.92 Å². The van der Waals surface area contributed by atoms with Gasteiger partial charge in [-0.3, -0.25) is 4.90 Å². The molecule has 0 amide bonds. The minimum absolute atomic E-state index is 0.205. The molecule has 1 N–H and O–H groups in total. The first-order chi connectivity index (χ1) is 9.63. The second-order valence-electron chi connectivity index (χ2n) is 5.67. The lowest BCUT2D eigenvalue weighted by Gasteiger charge is -2.38. The number of benzene rings is 1. The van der Waals surface area contributed by atoms with E-state index in [1.54, 1.807) is 12.1 Å². The topological polar surface area (TPSA) is 15.3 Å². The van der Waals surface area contributed by atoms with E-state index in [4.69, 9.17) is 11.6 Å². The smallest absolute Gasteiger partial charge is 0.142 e. The molecular formula is C16H24ClFN2. The molecule has 1 fully saturated rings. The quantitative estimate of drug-likeness (QED) is 0.888. The number of rotatable bonds is 5. The monoisotopic (exact) mass is 298 g/mol. The number of hydrogen-bond acceptors (Lipinski definition) is 2. The molecule has 0 saturated carbocycles. The van der Waals surface area contributed by atoms with Gasteiger partial charge in [0.25, 0.3) is 0 Å². The Morgan fingerprint density at radius 3 is 2.65 bits per heavy atom. The second-order valence-corrected chi connectivity index (χ2v) is 6.08. The average molecular weight is 299 g/mol. The highest BCUT2D eigenvalue weighted by Crippen LogP contribution is 2.33. The minimum Gasteiger partial charge on any atom is -0.314 e. The molecule has 112 valence electrons. The highest BCUT2D eigenvalue weighted by atomic mass is 35.5. The Bertz CT molecular complexity index is 432. The van der Waals surface area contributed by atoms with Crippen molar-refractivity contribution < 1.29 is 4.39 Å². The summed E-state index contributed by atoms with van der Waals surface area (Å²) in [5, 5.41) is 3.58. The molecule has 1 unspecified atom stereocenters.